The van der Waals surface area contributed by atoms with Crippen LogP contribution in [0.25, 0.3) is 11.1 Å². The fraction of sp³-hybridized carbons (Fsp3) is 0.304. The molecular formula is C23H22N4O10. The van der Waals surface area contributed by atoms with E-state index < -0.39 is 57.5 Å². The monoisotopic (exact) mass is 514 g/mol. The summed E-state index contributed by atoms with van der Waals surface area (Å²) in [5.41, 5.74) is -1.25. The highest BCUT2D eigenvalue weighted by Crippen LogP contribution is 2.37. The molecule has 1 saturated heterocycles. The zero-order valence-corrected chi connectivity index (χ0v) is 19.2. The van der Waals surface area contributed by atoms with Crippen LogP contribution in [0.1, 0.15) is 23.8 Å². The van der Waals surface area contributed by atoms with E-state index in [0.29, 0.717) is 5.56 Å². The van der Waals surface area contributed by atoms with Crippen molar-refractivity contribution in [1.29, 1.82) is 0 Å². The number of hydrogen-bond acceptors (Lipinski definition) is 10. The Morgan fingerprint density at radius 3 is 2.27 bits per heavy atom. The van der Waals surface area contributed by atoms with Crippen molar-refractivity contribution in [3.63, 3.8) is 0 Å². The van der Waals surface area contributed by atoms with Gasteiger partial charge in [-0.25, -0.2) is 4.79 Å². The zero-order valence-electron chi connectivity index (χ0n) is 19.2. The summed E-state index contributed by atoms with van der Waals surface area (Å²) >= 11 is 0. The Kier molecular flexibility index (Phi) is 7.54. The van der Waals surface area contributed by atoms with Gasteiger partial charge in [-0.2, -0.15) is 0 Å². The standard InChI is InChI=1S/C23H22N4O10/c28-10-19-18(29)8-20(37-19)25-9-15(22(30)24-23(25)31)12-36-11-13-4-6-14(7-5-13)21-16(26(32)33)2-1-3-17(21)27(34)35/h1-7,9,18-20,28-29H,8,10-12H2,(H,24,30,31)/t18?,19-,20-/m0/s1. The number of ether oxygens (including phenoxy) is 2. The minimum Gasteiger partial charge on any atom is -0.394 e. The van der Waals surface area contributed by atoms with Crippen LogP contribution in [-0.2, 0) is 22.7 Å². The van der Waals surface area contributed by atoms with Crippen LogP contribution < -0.4 is 11.2 Å². The average Bonchev–Trinajstić information content (AvgIpc) is 3.25. The molecule has 3 atom stereocenters. The van der Waals surface area contributed by atoms with E-state index in [0.717, 1.165) is 4.57 Å². The maximum Gasteiger partial charge on any atom is 0.330 e. The highest BCUT2D eigenvalue weighted by molar-refractivity contribution is 5.82. The van der Waals surface area contributed by atoms with Crippen molar-refractivity contribution in [3.05, 3.63) is 101 Å². The van der Waals surface area contributed by atoms with E-state index in [2.05, 4.69) is 4.98 Å². The predicted molar refractivity (Wildman–Crippen MR) is 127 cm³/mol. The number of benzene rings is 2. The van der Waals surface area contributed by atoms with Gasteiger partial charge < -0.3 is 19.7 Å². The summed E-state index contributed by atoms with van der Waals surface area (Å²) in [6.07, 6.45) is -1.34. The van der Waals surface area contributed by atoms with Crippen molar-refractivity contribution in [2.45, 2.75) is 38.1 Å². The average molecular weight is 514 g/mol. The van der Waals surface area contributed by atoms with E-state index in [-0.39, 0.29) is 36.3 Å². The molecule has 14 heteroatoms. The molecule has 1 unspecified atom stereocenters. The van der Waals surface area contributed by atoms with Gasteiger partial charge in [0.1, 0.15) is 17.9 Å². The first-order valence-electron chi connectivity index (χ1n) is 11.1. The second kappa shape index (κ2) is 10.8. The van der Waals surface area contributed by atoms with E-state index in [1.165, 1.54) is 36.5 Å². The molecule has 2 heterocycles. The number of nitrogens with zero attached hydrogens (tertiary/aromatic N) is 3. The highest BCUT2D eigenvalue weighted by Gasteiger charge is 2.35. The minimum absolute atomic E-state index is 0.0308. The molecule has 0 aliphatic carbocycles. The number of hydrogen-bond donors (Lipinski definition) is 3. The van der Waals surface area contributed by atoms with Crippen LogP contribution in [0.2, 0.25) is 0 Å². The molecule has 1 aromatic heterocycles. The molecule has 0 radical (unpaired) electrons. The Balaban J connectivity index is 1.47. The number of aromatic nitrogens is 2. The molecule has 1 aliphatic heterocycles. The smallest absolute Gasteiger partial charge is 0.330 e. The molecule has 194 valence electrons. The summed E-state index contributed by atoms with van der Waals surface area (Å²) < 4.78 is 12.2. The molecule has 0 saturated carbocycles. The lowest BCUT2D eigenvalue weighted by atomic mass is 10.0. The van der Waals surface area contributed by atoms with E-state index in [1.807, 2.05) is 0 Å². The number of H-pyrrole nitrogens is 1. The van der Waals surface area contributed by atoms with Gasteiger partial charge in [-0.15, -0.1) is 0 Å². The fourth-order valence-corrected chi connectivity index (χ4v) is 4.07. The maximum absolute atomic E-state index is 12.2. The molecule has 3 aromatic rings. The first kappa shape index (κ1) is 25.8. The number of aromatic amines is 1. The first-order chi connectivity index (χ1) is 17.7. The zero-order chi connectivity index (χ0) is 26.7. The van der Waals surface area contributed by atoms with Crippen molar-refractivity contribution in [3.8, 4) is 11.1 Å². The molecule has 3 N–H and O–H groups in total. The molecule has 14 nitrogen and oxygen atoms in total. The van der Waals surface area contributed by atoms with Gasteiger partial charge >= 0.3 is 5.69 Å². The van der Waals surface area contributed by atoms with Crippen LogP contribution in [-0.4, -0.2) is 48.4 Å². The molecule has 0 amide bonds. The van der Waals surface area contributed by atoms with Gasteiger partial charge in [0, 0.05) is 24.8 Å². The van der Waals surface area contributed by atoms with Crippen LogP contribution in [0.15, 0.2) is 58.3 Å². The lowest BCUT2D eigenvalue weighted by Crippen LogP contribution is -2.34. The van der Waals surface area contributed by atoms with Crippen LogP contribution in [0, 0.1) is 20.2 Å². The van der Waals surface area contributed by atoms with Crippen LogP contribution in [0.5, 0.6) is 0 Å². The summed E-state index contributed by atoms with van der Waals surface area (Å²) in [5, 5.41) is 42.0. The molecule has 2 aromatic carbocycles. The van der Waals surface area contributed by atoms with Crippen LogP contribution >= 0.6 is 0 Å². The Hall–Kier alpha value is -4.24. The summed E-state index contributed by atoms with van der Waals surface area (Å²) in [4.78, 5) is 48.0. The second-order valence-electron chi connectivity index (χ2n) is 8.31. The summed E-state index contributed by atoms with van der Waals surface area (Å²) in [6, 6.07) is 9.81. The number of nitro groups is 2. The third-order valence-electron chi connectivity index (χ3n) is 5.92. The second-order valence-corrected chi connectivity index (χ2v) is 8.31. The highest BCUT2D eigenvalue weighted by atomic mass is 16.6. The van der Waals surface area contributed by atoms with Crippen molar-refractivity contribution in [1.82, 2.24) is 9.55 Å². The summed E-state index contributed by atoms with van der Waals surface area (Å²) in [5.74, 6) is 0. The molecule has 1 aliphatic rings. The SMILES string of the molecule is O=c1[nH]c(=O)n([C@@H]2CC(O)[C@H](CO)O2)cc1COCc1ccc(-c2c([N+](=O)[O-])cccc2[N+](=O)[O-])cc1. The molecule has 0 spiro atoms. The lowest BCUT2D eigenvalue weighted by Gasteiger charge is -2.15. The van der Waals surface area contributed by atoms with E-state index in [1.54, 1.807) is 12.1 Å². The third kappa shape index (κ3) is 5.46. The Bertz CT molecular complexity index is 1400. The van der Waals surface area contributed by atoms with Crippen molar-refractivity contribution >= 4 is 11.4 Å². The van der Waals surface area contributed by atoms with Gasteiger partial charge in [-0.05, 0) is 17.2 Å². The number of nitro benzene ring substituents is 2. The number of aliphatic hydroxyl groups excluding tert-OH is 2. The van der Waals surface area contributed by atoms with Gasteiger partial charge in [-0.1, -0.05) is 24.3 Å². The molecule has 1 fully saturated rings. The summed E-state index contributed by atoms with van der Waals surface area (Å²) in [7, 11) is 0. The minimum atomic E-state index is -0.963. The number of nitrogens with one attached hydrogen (secondary N) is 1. The van der Waals surface area contributed by atoms with Gasteiger partial charge in [0.05, 0.1) is 41.3 Å². The van der Waals surface area contributed by atoms with Crippen molar-refractivity contribution in [2.75, 3.05) is 6.61 Å². The van der Waals surface area contributed by atoms with Crippen LogP contribution in [0.4, 0.5) is 11.4 Å². The first-order valence-corrected chi connectivity index (χ1v) is 11.1. The summed E-state index contributed by atoms with van der Waals surface area (Å²) in [6.45, 7) is -0.565. The van der Waals surface area contributed by atoms with Gasteiger partial charge in [-0.3, -0.25) is 34.6 Å². The van der Waals surface area contributed by atoms with Gasteiger partial charge in [0.25, 0.3) is 16.9 Å². The molecular weight excluding hydrogens is 492 g/mol. The Morgan fingerprint density at radius 1 is 1.05 bits per heavy atom. The van der Waals surface area contributed by atoms with Crippen molar-refractivity contribution < 1.29 is 29.5 Å². The topological polar surface area (TPSA) is 200 Å². The predicted octanol–water partition coefficient (Wildman–Crippen LogP) is 1.38. The normalized spacial score (nSPS) is 19.1. The molecule has 4 rings (SSSR count). The maximum atomic E-state index is 12.2. The van der Waals surface area contributed by atoms with E-state index in [4.69, 9.17) is 9.47 Å². The van der Waals surface area contributed by atoms with E-state index >= 15 is 0 Å². The van der Waals surface area contributed by atoms with Gasteiger partial charge in [0.15, 0.2) is 0 Å². The quantitative estimate of drug-likeness (QED) is 0.277. The fourth-order valence-electron chi connectivity index (χ4n) is 4.07. The third-order valence-corrected chi connectivity index (χ3v) is 5.92. The largest absolute Gasteiger partial charge is 0.394 e. The molecule has 0 bridgehead atoms. The Morgan fingerprint density at radius 2 is 1.70 bits per heavy atom. The molecule has 37 heavy (non-hydrogen) atoms. The van der Waals surface area contributed by atoms with Crippen LogP contribution in [0.3, 0.4) is 0 Å². The lowest BCUT2D eigenvalue weighted by molar-refractivity contribution is -0.392. The number of rotatable bonds is 9. The number of aliphatic hydroxyl groups is 2. The van der Waals surface area contributed by atoms with Crippen molar-refractivity contribution in [2.24, 2.45) is 0 Å². The van der Waals surface area contributed by atoms with E-state index in [9.17, 15) is 40.0 Å². The van der Waals surface area contributed by atoms with Gasteiger partial charge in [0.2, 0.25) is 0 Å². The Labute approximate surface area is 207 Å².